The van der Waals surface area contributed by atoms with Gasteiger partial charge in [0.15, 0.2) is 0 Å². The fraction of sp³-hybridized carbons (Fsp3) is 0.556. The SMILES string of the molecule is FC(F)(F)CNCCNCc1ccco1. The number of alkyl halides is 3. The van der Waals surface area contributed by atoms with Crippen molar-refractivity contribution in [3.8, 4) is 0 Å². The van der Waals surface area contributed by atoms with E-state index in [0.29, 0.717) is 13.1 Å². The summed E-state index contributed by atoms with van der Waals surface area (Å²) in [5.74, 6) is 0.769. The highest BCUT2D eigenvalue weighted by atomic mass is 19.4. The number of hydrogen-bond acceptors (Lipinski definition) is 3. The summed E-state index contributed by atoms with van der Waals surface area (Å²) in [5.41, 5.74) is 0. The third-order valence-corrected chi connectivity index (χ3v) is 1.68. The van der Waals surface area contributed by atoms with Gasteiger partial charge in [-0.05, 0) is 12.1 Å². The van der Waals surface area contributed by atoms with Crippen LogP contribution in [0.25, 0.3) is 0 Å². The number of hydrogen-bond donors (Lipinski definition) is 2. The minimum atomic E-state index is -4.14. The zero-order valence-electron chi connectivity index (χ0n) is 8.10. The Bertz CT molecular complexity index is 259. The van der Waals surface area contributed by atoms with Crippen molar-refractivity contribution in [2.24, 2.45) is 0 Å². The second-order valence-corrected chi connectivity index (χ2v) is 3.05. The molecule has 0 aliphatic carbocycles. The Morgan fingerprint density at radius 3 is 2.53 bits per heavy atom. The van der Waals surface area contributed by atoms with Gasteiger partial charge in [-0.3, -0.25) is 0 Å². The molecule has 2 N–H and O–H groups in total. The van der Waals surface area contributed by atoms with E-state index in [1.807, 2.05) is 0 Å². The van der Waals surface area contributed by atoms with Gasteiger partial charge in [0.2, 0.25) is 0 Å². The molecule has 0 saturated heterocycles. The van der Waals surface area contributed by atoms with Gasteiger partial charge in [0.25, 0.3) is 0 Å². The lowest BCUT2D eigenvalue weighted by molar-refractivity contribution is -0.124. The maximum atomic E-state index is 11.7. The van der Waals surface area contributed by atoms with Gasteiger partial charge in [-0.15, -0.1) is 0 Å². The summed E-state index contributed by atoms with van der Waals surface area (Å²) in [6.07, 6.45) is -2.58. The highest BCUT2D eigenvalue weighted by Gasteiger charge is 2.25. The average molecular weight is 222 g/mol. The van der Waals surface area contributed by atoms with Crippen molar-refractivity contribution >= 4 is 0 Å². The summed E-state index contributed by atoms with van der Waals surface area (Å²) < 4.78 is 40.1. The van der Waals surface area contributed by atoms with E-state index < -0.39 is 12.7 Å². The van der Waals surface area contributed by atoms with Crippen LogP contribution in [0, 0.1) is 0 Å². The molecule has 0 fully saturated rings. The molecule has 1 aromatic rings. The molecule has 0 saturated carbocycles. The van der Waals surface area contributed by atoms with Crippen LogP contribution in [0.1, 0.15) is 5.76 Å². The summed E-state index contributed by atoms with van der Waals surface area (Å²) in [5, 5.41) is 5.24. The number of furan rings is 1. The fourth-order valence-electron chi connectivity index (χ4n) is 1.03. The maximum absolute atomic E-state index is 11.7. The van der Waals surface area contributed by atoms with Crippen LogP contribution in [0.4, 0.5) is 13.2 Å². The van der Waals surface area contributed by atoms with E-state index >= 15 is 0 Å². The van der Waals surface area contributed by atoms with Gasteiger partial charge in [0, 0.05) is 13.1 Å². The maximum Gasteiger partial charge on any atom is 0.401 e. The van der Waals surface area contributed by atoms with Crippen LogP contribution in [0.2, 0.25) is 0 Å². The topological polar surface area (TPSA) is 37.2 Å². The molecule has 6 heteroatoms. The number of nitrogens with one attached hydrogen (secondary N) is 2. The van der Waals surface area contributed by atoms with Crippen LogP contribution >= 0.6 is 0 Å². The normalized spacial score (nSPS) is 11.9. The minimum absolute atomic E-state index is 0.278. The van der Waals surface area contributed by atoms with Crippen LogP contribution in [0.3, 0.4) is 0 Å². The molecule has 0 spiro atoms. The number of rotatable bonds is 6. The van der Waals surface area contributed by atoms with Crippen LogP contribution in [-0.4, -0.2) is 25.8 Å². The van der Waals surface area contributed by atoms with Gasteiger partial charge < -0.3 is 15.1 Å². The van der Waals surface area contributed by atoms with Crippen molar-refractivity contribution in [3.63, 3.8) is 0 Å². The third kappa shape index (κ3) is 6.14. The molecule has 1 aromatic heterocycles. The van der Waals surface area contributed by atoms with E-state index in [-0.39, 0.29) is 6.54 Å². The fourth-order valence-corrected chi connectivity index (χ4v) is 1.03. The monoisotopic (exact) mass is 222 g/mol. The molecule has 0 bridgehead atoms. The van der Waals surface area contributed by atoms with Crippen molar-refractivity contribution in [2.75, 3.05) is 19.6 Å². The Labute approximate surface area is 85.6 Å². The van der Waals surface area contributed by atoms with Gasteiger partial charge >= 0.3 is 6.18 Å². The van der Waals surface area contributed by atoms with Gasteiger partial charge in [0.1, 0.15) is 5.76 Å². The molecule has 15 heavy (non-hydrogen) atoms. The standard InChI is InChI=1S/C9H13F3N2O/c10-9(11,12)7-14-4-3-13-6-8-2-1-5-15-8/h1-2,5,13-14H,3-4,6-7H2. The lowest BCUT2D eigenvalue weighted by atomic mass is 10.4. The van der Waals surface area contributed by atoms with Crippen molar-refractivity contribution in [1.29, 1.82) is 0 Å². The predicted octanol–water partition coefficient (Wildman–Crippen LogP) is 1.52. The molecule has 0 amide bonds. The first-order valence-corrected chi connectivity index (χ1v) is 4.58. The van der Waals surface area contributed by atoms with E-state index in [9.17, 15) is 13.2 Å². The van der Waals surface area contributed by atoms with Crippen molar-refractivity contribution in [2.45, 2.75) is 12.7 Å². The molecule has 86 valence electrons. The molecule has 3 nitrogen and oxygen atoms in total. The Hall–Kier alpha value is -1.01. The number of halogens is 3. The molecule has 0 aromatic carbocycles. The second-order valence-electron chi connectivity index (χ2n) is 3.05. The van der Waals surface area contributed by atoms with Crippen molar-refractivity contribution < 1.29 is 17.6 Å². The molecule has 0 aliphatic heterocycles. The van der Waals surface area contributed by atoms with Gasteiger partial charge in [-0.25, -0.2) is 0 Å². The smallest absolute Gasteiger partial charge is 0.401 e. The lowest BCUT2D eigenvalue weighted by Gasteiger charge is -2.08. The molecule has 0 atom stereocenters. The van der Waals surface area contributed by atoms with E-state index in [4.69, 9.17) is 4.42 Å². The van der Waals surface area contributed by atoms with E-state index in [1.165, 1.54) is 0 Å². The zero-order chi connectivity index (χ0) is 11.1. The van der Waals surface area contributed by atoms with Gasteiger partial charge in [-0.1, -0.05) is 0 Å². The quantitative estimate of drug-likeness (QED) is 0.716. The van der Waals surface area contributed by atoms with Crippen molar-refractivity contribution in [1.82, 2.24) is 10.6 Å². The summed E-state index contributed by atoms with van der Waals surface area (Å²) in [6, 6.07) is 3.56. The first-order valence-electron chi connectivity index (χ1n) is 4.58. The molecular weight excluding hydrogens is 209 g/mol. The Morgan fingerprint density at radius 1 is 1.20 bits per heavy atom. The van der Waals surface area contributed by atoms with Crippen molar-refractivity contribution in [3.05, 3.63) is 24.2 Å². The van der Waals surface area contributed by atoms with Crippen LogP contribution in [-0.2, 0) is 6.54 Å². The summed E-state index contributed by atoms with van der Waals surface area (Å²) in [4.78, 5) is 0. The van der Waals surface area contributed by atoms with Crippen LogP contribution in [0.5, 0.6) is 0 Å². The summed E-state index contributed by atoms with van der Waals surface area (Å²) in [6.45, 7) is 0.327. The average Bonchev–Trinajstić information content (AvgIpc) is 2.61. The zero-order valence-corrected chi connectivity index (χ0v) is 8.10. The Kier molecular flexibility index (Phi) is 4.64. The first-order chi connectivity index (χ1) is 7.08. The Balaban J connectivity index is 1.94. The van der Waals surface area contributed by atoms with Crippen LogP contribution in [0.15, 0.2) is 22.8 Å². The van der Waals surface area contributed by atoms with Gasteiger partial charge in [-0.2, -0.15) is 13.2 Å². The molecule has 0 radical (unpaired) electrons. The van der Waals surface area contributed by atoms with Crippen LogP contribution < -0.4 is 10.6 Å². The van der Waals surface area contributed by atoms with Gasteiger partial charge in [0.05, 0.1) is 19.4 Å². The lowest BCUT2D eigenvalue weighted by Crippen LogP contribution is -2.34. The third-order valence-electron chi connectivity index (χ3n) is 1.68. The molecular formula is C9H13F3N2O. The largest absolute Gasteiger partial charge is 0.468 e. The summed E-state index contributed by atoms with van der Waals surface area (Å²) in [7, 11) is 0. The molecule has 1 heterocycles. The highest BCUT2D eigenvalue weighted by Crippen LogP contribution is 2.11. The van der Waals surface area contributed by atoms with E-state index in [0.717, 1.165) is 5.76 Å². The predicted molar refractivity (Wildman–Crippen MR) is 49.3 cm³/mol. The molecule has 0 aliphatic rings. The highest BCUT2D eigenvalue weighted by molar-refractivity contribution is 4.97. The molecule has 0 unspecified atom stereocenters. The first kappa shape index (κ1) is 12.1. The van der Waals surface area contributed by atoms with E-state index in [1.54, 1.807) is 18.4 Å². The summed E-state index contributed by atoms with van der Waals surface area (Å²) >= 11 is 0. The molecule has 1 rings (SSSR count). The Morgan fingerprint density at radius 2 is 1.93 bits per heavy atom. The second kappa shape index (κ2) is 5.77. The minimum Gasteiger partial charge on any atom is -0.468 e. The van der Waals surface area contributed by atoms with E-state index in [2.05, 4.69) is 10.6 Å².